The Hall–Kier alpha value is -3.39. The molecule has 0 unspecified atom stereocenters. The molecule has 4 rings (SSSR count). The summed E-state index contributed by atoms with van der Waals surface area (Å²) in [5.41, 5.74) is 3.29. The number of rotatable bonds is 7. The first-order valence-corrected chi connectivity index (χ1v) is 13.1. The fraction of sp³-hybridized carbons (Fsp3) is 0.429. The zero-order valence-corrected chi connectivity index (χ0v) is 22.1. The summed E-state index contributed by atoms with van der Waals surface area (Å²) in [5.74, 6) is 0.865. The van der Waals surface area contributed by atoms with Gasteiger partial charge in [0, 0.05) is 10.4 Å². The van der Waals surface area contributed by atoms with Crippen molar-refractivity contribution in [2.45, 2.75) is 59.1 Å². The van der Waals surface area contributed by atoms with Crippen LogP contribution in [0.2, 0.25) is 5.02 Å². The van der Waals surface area contributed by atoms with Gasteiger partial charge in [0.1, 0.15) is 6.10 Å². The summed E-state index contributed by atoms with van der Waals surface area (Å²) in [5, 5.41) is 8.70. The number of aromatic nitrogens is 2. The van der Waals surface area contributed by atoms with Crippen LogP contribution in [-0.2, 0) is 22.5 Å². The van der Waals surface area contributed by atoms with Crippen molar-refractivity contribution in [2.24, 2.45) is 17.8 Å². The van der Waals surface area contributed by atoms with E-state index in [9.17, 15) is 14.4 Å². The quantitative estimate of drug-likeness (QED) is 0.450. The number of benzene rings is 2. The Kier molecular flexibility index (Phi) is 8.48. The van der Waals surface area contributed by atoms with E-state index in [0.29, 0.717) is 39.2 Å². The molecule has 9 heteroatoms. The molecule has 0 spiro atoms. The van der Waals surface area contributed by atoms with Crippen molar-refractivity contribution >= 4 is 34.4 Å². The van der Waals surface area contributed by atoms with E-state index in [2.05, 4.69) is 36.6 Å². The van der Waals surface area contributed by atoms with E-state index in [1.165, 1.54) is 0 Å². The van der Waals surface area contributed by atoms with Gasteiger partial charge in [0.2, 0.25) is 5.91 Å². The highest BCUT2D eigenvalue weighted by molar-refractivity contribution is 6.30. The maximum atomic E-state index is 13.0. The van der Waals surface area contributed by atoms with Crippen molar-refractivity contribution in [2.75, 3.05) is 5.43 Å². The molecular weight excluding hydrogens is 492 g/mol. The summed E-state index contributed by atoms with van der Waals surface area (Å²) in [6, 6.07) is 13.9. The van der Waals surface area contributed by atoms with Crippen LogP contribution in [-0.4, -0.2) is 28.0 Å². The molecule has 0 aliphatic heterocycles. The lowest BCUT2D eigenvalue weighted by Crippen LogP contribution is -2.39. The van der Waals surface area contributed by atoms with Crippen LogP contribution in [0, 0.1) is 17.8 Å². The Morgan fingerprint density at radius 2 is 1.81 bits per heavy atom. The molecule has 2 N–H and O–H groups in total. The second-order valence-corrected chi connectivity index (χ2v) is 10.6. The third kappa shape index (κ3) is 6.68. The number of carbonyl (C=O) groups excluding carboxylic acids is 2. The molecule has 3 atom stereocenters. The van der Waals surface area contributed by atoms with Gasteiger partial charge in [-0.1, -0.05) is 69.1 Å². The van der Waals surface area contributed by atoms with Gasteiger partial charge >= 0.3 is 6.09 Å². The Morgan fingerprint density at radius 3 is 2.51 bits per heavy atom. The average Bonchev–Trinajstić information content (AvgIpc) is 2.86. The lowest BCUT2D eigenvalue weighted by Gasteiger charge is -2.36. The largest absolute Gasteiger partial charge is 0.446 e. The molecule has 0 bridgehead atoms. The van der Waals surface area contributed by atoms with Gasteiger partial charge < -0.3 is 10.1 Å². The molecule has 1 saturated carbocycles. The van der Waals surface area contributed by atoms with Crippen LogP contribution < -0.4 is 16.3 Å². The lowest BCUT2D eigenvalue weighted by molar-refractivity contribution is -0.116. The highest BCUT2D eigenvalue weighted by atomic mass is 35.5. The maximum Gasteiger partial charge on any atom is 0.407 e. The molecule has 1 aliphatic rings. The molecule has 196 valence electrons. The first kappa shape index (κ1) is 26.7. The Bertz CT molecular complexity index is 1320. The zero-order chi connectivity index (χ0) is 26.5. The van der Waals surface area contributed by atoms with Crippen molar-refractivity contribution in [3.8, 4) is 0 Å². The third-order valence-corrected chi connectivity index (χ3v) is 7.26. The van der Waals surface area contributed by atoms with Gasteiger partial charge in [-0.25, -0.2) is 10.2 Å². The molecule has 8 nitrogen and oxygen atoms in total. The van der Waals surface area contributed by atoms with E-state index in [4.69, 9.17) is 16.3 Å². The highest BCUT2D eigenvalue weighted by Gasteiger charge is 2.33. The van der Waals surface area contributed by atoms with Crippen molar-refractivity contribution < 1.29 is 14.3 Å². The van der Waals surface area contributed by atoms with E-state index in [0.717, 1.165) is 29.6 Å². The second-order valence-electron chi connectivity index (χ2n) is 10.2. The summed E-state index contributed by atoms with van der Waals surface area (Å²) in [6.07, 6.45) is 2.45. The van der Waals surface area contributed by atoms with Gasteiger partial charge in [0.05, 0.1) is 24.0 Å². The molecule has 0 radical (unpaired) electrons. The lowest BCUT2D eigenvalue weighted by atomic mass is 9.75. The van der Waals surface area contributed by atoms with E-state index in [1.54, 1.807) is 48.5 Å². The van der Waals surface area contributed by atoms with Gasteiger partial charge in [0.25, 0.3) is 5.56 Å². The predicted molar refractivity (Wildman–Crippen MR) is 144 cm³/mol. The zero-order valence-electron chi connectivity index (χ0n) is 21.4. The van der Waals surface area contributed by atoms with E-state index in [-0.39, 0.29) is 19.1 Å². The number of alkyl carbamates (subject to hydrolysis) is 1. The number of hydrogen-bond acceptors (Lipinski definition) is 5. The van der Waals surface area contributed by atoms with Crippen molar-refractivity contribution in [3.63, 3.8) is 0 Å². The Morgan fingerprint density at radius 1 is 1.11 bits per heavy atom. The first-order valence-electron chi connectivity index (χ1n) is 12.7. The number of nitrogens with zero attached hydrogens (tertiary/aromatic N) is 2. The van der Waals surface area contributed by atoms with Crippen LogP contribution >= 0.6 is 11.6 Å². The highest BCUT2D eigenvalue weighted by Crippen LogP contribution is 2.35. The van der Waals surface area contributed by atoms with Gasteiger partial charge in [-0.2, -0.15) is 5.10 Å². The van der Waals surface area contributed by atoms with Gasteiger partial charge in [-0.3, -0.25) is 9.59 Å². The SMILES string of the molecule is CC(C)[C@H]1CC[C@H](C)C[C@@H]1OC(=O)NCc1nn(NC(=O)Cc2ccc(Cl)cc2)c(=O)c2ccccc12. The molecule has 1 heterocycles. The number of hydrogen-bond donors (Lipinski definition) is 2. The minimum Gasteiger partial charge on any atom is -0.446 e. The number of fused-ring (bicyclic) bond motifs is 1. The molecular formula is C28H33ClN4O4. The number of nitrogens with one attached hydrogen (secondary N) is 2. The first-order chi connectivity index (χ1) is 17.7. The predicted octanol–water partition coefficient (Wildman–Crippen LogP) is 5.05. The minimum absolute atomic E-state index is 0.0430. The molecule has 37 heavy (non-hydrogen) atoms. The summed E-state index contributed by atoms with van der Waals surface area (Å²) >= 11 is 5.91. The molecule has 1 aliphatic carbocycles. The molecule has 1 aromatic heterocycles. The normalized spacial score (nSPS) is 19.5. The molecule has 2 amide bonds. The van der Waals surface area contributed by atoms with Crippen molar-refractivity contribution in [1.82, 2.24) is 15.2 Å². The van der Waals surface area contributed by atoms with Crippen LogP contribution in [0.15, 0.2) is 53.3 Å². The number of carbonyl (C=O) groups is 2. The molecule has 3 aromatic rings. The number of ether oxygens (including phenoxy) is 1. The fourth-order valence-corrected chi connectivity index (χ4v) is 5.12. The van der Waals surface area contributed by atoms with Crippen LogP contribution in [0.5, 0.6) is 0 Å². The topological polar surface area (TPSA) is 102 Å². The number of amides is 2. The monoisotopic (exact) mass is 524 g/mol. The fourth-order valence-electron chi connectivity index (χ4n) is 4.99. The number of halogens is 1. The summed E-state index contributed by atoms with van der Waals surface area (Å²) in [6.45, 7) is 6.55. The second kappa shape index (κ2) is 11.8. The Balaban J connectivity index is 1.49. The van der Waals surface area contributed by atoms with Crippen LogP contribution in [0.25, 0.3) is 10.8 Å². The van der Waals surface area contributed by atoms with Crippen LogP contribution in [0.3, 0.4) is 0 Å². The average molecular weight is 525 g/mol. The summed E-state index contributed by atoms with van der Waals surface area (Å²) in [7, 11) is 0. The maximum absolute atomic E-state index is 13.0. The standard InChI is InChI=1S/C28H33ClN4O4/c1-17(2)21-13-8-18(3)14-25(21)37-28(36)30-16-24-22-6-4-5-7-23(22)27(35)33(31-24)32-26(34)15-19-9-11-20(29)12-10-19/h4-7,9-12,17-18,21,25H,8,13-16H2,1-3H3,(H,30,36)(H,32,34)/t18-,21+,25-/m0/s1. The van der Waals surface area contributed by atoms with Crippen molar-refractivity contribution in [1.29, 1.82) is 0 Å². The molecule has 1 fully saturated rings. The van der Waals surface area contributed by atoms with E-state index >= 15 is 0 Å². The van der Waals surface area contributed by atoms with Crippen LogP contribution in [0.4, 0.5) is 4.79 Å². The van der Waals surface area contributed by atoms with Gasteiger partial charge in [-0.05, 0) is 54.4 Å². The summed E-state index contributed by atoms with van der Waals surface area (Å²) in [4.78, 5) is 39.3. The van der Waals surface area contributed by atoms with Crippen LogP contribution in [0.1, 0.15) is 51.3 Å². The van der Waals surface area contributed by atoms with Gasteiger partial charge in [0.15, 0.2) is 0 Å². The van der Waals surface area contributed by atoms with Gasteiger partial charge in [-0.15, -0.1) is 4.79 Å². The van der Waals surface area contributed by atoms with Crippen molar-refractivity contribution in [3.05, 3.63) is 75.2 Å². The third-order valence-electron chi connectivity index (χ3n) is 7.01. The molecule has 0 saturated heterocycles. The molecule has 2 aromatic carbocycles. The summed E-state index contributed by atoms with van der Waals surface area (Å²) < 4.78 is 5.84. The minimum atomic E-state index is -0.514. The smallest absolute Gasteiger partial charge is 0.407 e. The Labute approximate surface area is 221 Å². The van der Waals surface area contributed by atoms with E-state index < -0.39 is 17.6 Å². The van der Waals surface area contributed by atoms with E-state index in [1.807, 2.05) is 0 Å².